The summed E-state index contributed by atoms with van der Waals surface area (Å²) in [6.45, 7) is 4.14. The van der Waals surface area contributed by atoms with Gasteiger partial charge in [-0.05, 0) is 54.5 Å². The summed E-state index contributed by atoms with van der Waals surface area (Å²) in [6, 6.07) is 3.45. The number of ether oxygens (including phenoxy) is 2. The van der Waals surface area contributed by atoms with Crippen LogP contribution in [0.25, 0.3) is 0 Å². The van der Waals surface area contributed by atoms with E-state index in [0.717, 1.165) is 23.9 Å². The van der Waals surface area contributed by atoms with Crippen molar-refractivity contribution in [3.8, 4) is 11.5 Å². The molecule has 5 nitrogen and oxygen atoms in total. The summed E-state index contributed by atoms with van der Waals surface area (Å²) in [5.41, 5.74) is 0.548. The molecule has 0 aliphatic rings. The molecule has 0 aliphatic carbocycles. The minimum atomic E-state index is -0.118. The fourth-order valence-corrected chi connectivity index (χ4v) is 2.32. The maximum atomic E-state index is 12.1. The summed E-state index contributed by atoms with van der Waals surface area (Å²) in [7, 11) is 3.45. The van der Waals surface area contributed by atoms with E-state index in [1.807, 2.05) is 14.0 Å². The van der Waals surface area contributed by atoms with Gasteiger partial charge in [-0.15, -0.1) is 0 Å². The molecule has 1 aromatic rings. The number of hydrogen-bond acceptors (Lipinski definition) is 4. The molecule has 1 amide bonds. The fourth-order valence-electron chi connectivity index (χ4n) is 1.76. The Bertz CT molecular complexity index is 466. The summed E-state index contributed by atoms with van der Waals surface area (Å²) in [4.78, 5) is 12.1. The van der Waals surface area contributed by atoms with E-state index >= 15 is 0 Å². The number of methoxy groups -OCH3 is 1. The molecule has 118 valence electrons. The zero-order valence-electron chi connectivity index (χ0n) is 12.8. The largest absolute Gasteiger partial charge is 0.493 e. The lowest BCUT2D eigenvalue weighted by atomic mass is 10.2. The Labute approximate surface area is 134 Å². The van der Waals surface area contributed by atoms with E-state index in [9.17, 15) is 4.79 Å². The van der Waals surface area contributed by atoms with Crippen LogP contribution in [-0.2, 0) is 0 Å². The van der Waals surface area contributed by atoms with Gasteiger partial charge < -0.3 is 20.1 Å². The lowest BCUT2D eigenvalue weighted by Gasteiger charge is -2.14. The second kappa shape index (κ2) is 9.63. The van der Waals surface area contributed by atoms with E-state index < -0.39 is 0 Å². The highest BCUT2D eigenvalue weighted by molar-refractivity contribution is 9.10. The number of carbonyl (C=O) groups is 1. The van der Waals surface area contributed by atoms with Crippen molar-refractivity contribution in [3.63, 3.8) is 0 Å². The average molecular weight is 359 g/mol. The van der Waals surface area contributed by atoms with Crippen LogP contribution in [0.3, 0.4) is 0 Å². The minimum absolute atomic E-state index is 0.118. The molecule has 0 bridgehead atoms. The van der Waals surface area contributed by atoms with Gasteiger partial charge in [-0.1, -0.05) is 6.92 Å². The van der Waals surface area contributed by atoms with E-state index in [4.69, 9.17) is 9.47 Å². The van der Waals surface area contributed by atoms with Gasteiger partial charge >= 0.3 is 0 Å². The molecule has 21 heavy (non-hydrogen) atoms. The van der Waals surface area contributed by atoms with Crippen molar-refractivity contribution in [3.05, 3.63) is 22.2 Å². The predicted octanol–water partition coefficient (Wildman–Crippen LogP) is 2.59. The predicted molar refractivity (Wildman–Crippen MR) is 87.4 cm³/mol. The molecule has 6 heteroatoms. The van der Waals surface area contributed by atoms with E-state index in [2.05, 4.69) is 26.6 Å². The van der Waals surface area contributed by atoms with Crippen molar-refractivity contribution >= 4 is 21.8 Å². The van der Waals surface area contributed by atoms with E-state index in [0.29, 0.717) is 30.2 Å². The Morgan fingerprint density at radius 1 is 1.33 bits per heavy atom. The minimum Gasteiger partial charge on any atom is -0.493 e. The second-order valence-electron chi connectivity index (χ2n) is 4.55. The van der Waals surface area contributed by atoms with Gasteiger partial charge in [0.25, 0.3) is 5.91 Å². The van der Waals surface area contributed by atoms with Crippen LogP contribution in [-0.4, -0.2) is 39.8 Å². The molecule has 1 aromatic carbocycles. The molecule has 0 saturated carbocycles. The Balaban J connectivity index is 2.79. The maximum absolute atomic E-state index is 12.1. The van der Waals surface area contributed by atoms with Crippen LogP contribution in [0, 0.1) is 0 Å². The highest BCUT2D eigenvalue weighted by atomic mass is 79.9. The number of halogens is 1. The molecule has 0 aromatic heterocycles. The molecule has 0 heterocycles. The Hall–Kier alpha value is -1.27. The molecule has 0 aliphatic heterocycles. The number of amides is 1. The summed E-state index contributed by atoms with van der Waals surface area (Å²) in [6.07, 6.45) is 1.79. The standard InChI is InChI=1S/C15H23BrN2O3/c1-4-8-21-14-12(16)9-11(10-13(14)20-3)15(19)18-7-5-6-17-2/h9-10,17H,4-8H2,1-3H3,(H,18,19). The highest BCUT2D eigenvalue weighted by Gasteiger charge is 2.15. The lowest BCUT2D eigenvalue weighted by molar-refractivity contribution is 0.0953. The summed E-state index contributed by atoms with van der Waals surface area (Å²) in [5, 5.41) is 5.92. The van der Waals surface area contributed by atoms with E-state index in [1.54, 1.807) is 19.2 Å². The summed E-state index contributed by atoms with van der Waals surface area (Å²) < 4.78 is 11.7. The molecule has 0 spiro atoms. The third-order valence-electron chi connectivity index (χ3n) is 2.83. The number of benzene rings is 1. The average Bonchev–Trinajstić information content (AvgIpc) is 2.49. The SMILES string of the molecule is CCCOc1c(Br)cc(C(=O)NCCCNC)cc1OC. The molecule has 1 rings (SSSR count). The maximum Gasteiger partial charge on any atom is 0.251 e. The van der Waals surface area contributed by atoms with Crippen LogP contribution >= 0.6 is 15.9 Å². The van der Waals surface area contributed by atoms with Gasteiger partial charge in [0.05, 0.1) is 18.2 Å². The normalized spacial score (nSPS) is 10.3. The van der Waals surface area contributed by atoms with Crippen LogP contribution in [0.2, 0.25) is 0 Å². The molecular weight excluding hydrogens is 336 g/mol. The molecule has 2 N–H and O–H groups in total. The zero-order chi connectivity index (χ0) is 15.7. The molecule has 0 atom stereocenters. The number of rotatable bonds is 9. The summed E-state index contributed by atoms with van der Waals surface area (Å²) in [5.74, 6) is 1.07. The van der Waals surface area contributed by atoms with Crippen molar-refractivity contribution in [2.45, 2.75) is 19.8 Å². The third-order valence-corrected chi connectivity index (χ3v) is 3.42. The Morgan fingerprint density at radius 3 is 2.71 bits per heavy atom. The molecule has 0 saturated heterocycles. The van der Waals surface area contributed by atoms with Crippen LogP contribution < -0.4 is 20.1 Å². The molecule has 0 fully saturated rings. The molecular formula is C15H23BrN2O3. The smallest absolute Gasteiger partial charge is 0.251 e. The zero-order valence-corrected chi connectivity index (χ0v) is 14.4. The second-order valence-corrected chi connectivity index (χ2v) is 5.41. The van der Waals surface area contributed by atoms with E-state index in [-0.39, 0.29) is 5.91 Å². The first-order valence-corrected chi connectivity index (χ1v) is 7.86. The lowest BCUT2D eigenvalue weighted by Crippen LogP contribution is -2.26. The third kappa shape index (κ3) is 5.55. The number of nitrogens with one attached hydrogen (secondary N) is 2. The van der Waals surface area contributed by atoms with Gasteiger partial charge in [0, 0.05) is 12.1 Å². The van der Waals surface area contributed by atoms with Gasteiger partial charge in [0.2, 0.25) is 0 Å². The Kier molecular flexibility index (Phi) is 8.15. The first kappa shape index (κ1) is 17.8. The van der Waals surface area contributed by atoms with Crippen molar-refractivity contribution in [1.82, 2.24) is 10.6 Å². The van der Waals surface area contributed by atoms with Crippen LogP contribution in [0.1, 0.15) is 30.1 Å². The highest BCUT2D eigenvalue weighted by Crippen LogP contribution is 2.36. The van der Waals surface area contributed by atoms with Gasteiger partial charge in [0.1, 0.15) is 0 Å². The quantitative estimate of drug-likeness (QED) is 0.666. The van der Waals surface area contributed by atoms with Gasteiger partial charge in [-0.25, -0.2) is 0 Å². The van der Waals surface area contributed by atoms with E-state index in [1.165, 1.54) is 0 Å². The van der Waals surface area contributed by atoms with Crippen LogP contribution in [0.5, 0.6) is 11.5 Å². The summed E-state index contributed by atoms with van der Waals surface area (Å²) >= 11 is 3.44. The van der Waals surface area contributed by atoms with Crippen LogP contribution in [0.15, 0.2) is 16.6 Å². The monoisotopic (exact) mass is 358 g/mol. The van der Waals surface area contributed by atoms with Crippen LogP contribution in [0.4, 0.5) is 0 Å². The number of hydrogen-bond donors (Lipinski definition) is 2. The van der Waals surface area contributed by atoms with Crippen molar-refractivity contribution < 1.29 is 14.3 Å². The first-order valence-electron chi connectivity index (χ1n) is 7.07. The van der Waals surface area contributed by atoms with Crippen molar-refractivity contribution in [2.24, 2.45) is 0 Å². The molecule has 0 unspecified atom stereocenters. The van der Waals surface area contributed by atoms with Gasteiger partial charge in [-0.3, -0.25) is 4.79 Å². The topological polar surface area (TPSA) is 59.6 Å². The number of carbonyl (C=O) groups excluding carboxylic acids is 1. The van der Waals surface area contributed by atoms with Crippen molar-refractivity contribution in [2.75, 3.05) is 33.9 Å². The van der Waals surface area contributed by atoms with Crippen molar-refractivity contribution in [1.29, 1.82) is 0 Å². The fraction of sp³-hybridized carbons (Fsp3) is 0.533. The van der Waals surface area contributed by atoms with Gasteiger partial charge in [-0.2, -0.15) is 0 Å². The first-order chi connectivity index (χ1) is 10.1. The van der Waals surface area contributed by atoms with Gasteiger partial charge in [0.15, 0.2) is 11.5 Å². The Morgan fingerprint density at radius 2 is 2.10 bits per heavy atom. The molecule has 0 radical (unpaired) electrons.